The summed E-state index contributed by atoms with van der Waals surface area (Å²) >= 11 is 0. The minimum absolute atomic E-state index is 0. The molecule has 0 spiro atoms. The summed E-state index contributed by atoms with van der Waals surface area (Å²) in [6.07, 6.45) is 0. The van der Waals surface area contributed by atoms with E-state index in [4.69, 9.17) is 0 Å². The van der Waals surface area contributed by atoms with E-state index in [-0.39, 0.29) is 77.5 Å². The average molecular weight is 244 g/mol. The number of hydrogen-bond donors (Lipinski definition) is 0. The van der Waals surface area contributed by atoms with Crippen LogP contribution in [0.25, 0.3) is 0 Å². The van der Waals surface area contributed by atoms with Crippen LogP contribution in [0.1, 0.15) is 6.92 Å². The van der Waals surface area contributed by atoms with Crippen LogP contribution in [0.15, 0.2) is 0 Å². The first-order valence-corrected chi connectivity index (χ1v) is 3.19. The predicted molar refractivity (Wildman–Crippen MR) is 30.7 cm³/mol. The van der Waals surface area contributed by atoms with Gasteiger partial charge in [0.1, 0.15) is 0 Å². The van der Waals surface area contributed by atoms with Crippen molar-refractivity contribution in [3.8, 4) is 0 Å². The van der Waals surface area contributed by atoms with Gasteiger partial charge in [0.2, 0.25) is 0 Å². The molecule has 0 unspecified atom stereocenters. The van der Waals surface area contributed by atoms with Crippen LogP contribution in [0.2, 0.25) is 0 Å². The largest absolute Gasteiger partial charge is 2.00 e. The first-order chi connectivity index (χ1) is 3.06. The number of hydrogen-bond acceptors (Lipinski definition) is 4. The van der Waals surface area contributed by atoms with Crippen molar-refractivity contribution in [2.45, 2.75) is 6.92 Å². The first kappa shape index (κ1) is 29.2. The molecule has 60 valence electrons. The van der Waals surface area contributed by atoms with E-state index in [0.717, 1.165) is 0 Å². The summed E-state index contributed by atoms with van der Waals surface area (Å²) in [7, 11) is -4.67. The molecule has 11 heavy (non-hydrogen) atoms. The molecule has 0 aromatic carbocycles. The molecule has 0 saturated heterocycles. The van der Waals surface area contributed by atoms with Gasteiger partial charge in [-0.25, -0.2) is 0 Å². The Morgan fingerprint density at radius 1 is 1.27 bits per heavy atom. The Hall–Kier alpha value is 2.22. The van der Waals surface area contributed by atoms with Crippen LogP contribution in [0.5, 0.6) is 0 Å². The van der Waals surface area contributed by atoms with E-state index in [1.807, 2.05) is 0 Å². The fourth-order valence-corrected chi connectivity index (χ4v) is 0.474. The van der Waals surface area contributed by atoms with E-state index in [2.05, 4.69) is 4.52 Å². The number of phosphoric ester groups is 1. The maximum absolute atomic E-state index is 9.48. The van der Waals surface area contributed by atoms with Crippen LogP contribution >= 0.6 is 7.82 Å². The fourth-order valence-electron chi connectivity index (χ4n) is 0.158. The molecule has 0 N–H and O–H groups in total. The second-order valence-corrected chi connectivity index (χ2v) is 2.02. The fraction of sp³-hybridized carbons (Fsp3) is 1.00. The molecule has 0 amide bonds. The van der Waals surface area contributed by atoms with E-state index in [0.29, 0.717) is 0 Å². The van der Waals surface area contributed by atoms with Crippen LogP contribution in [0.4, 0.5) is 0 Å². The molecule has 4 nitrogen and oxygen atoms in total. The molecule has 0 fully saturated rings. The summed E-state index contributed by atoms with van der Waals surface area (Å²) in [6, 6.07) is 0. The average Bonchev–Trinajstić information content (AvgIpc) is 1.30. The molecule has 0 bridgehead atoms. The van der Waals surface area contributed by atoms with Crippen molar-refractivity contribution < 1.29 is 43.7 Å². The third kappa shape index (κ3) is 33.0. The molecule has 0 heterocycles. The summed E-state index contributed by atoms with van der Waals surface area (Å²) < 4.78 is 13.2. The third-order valence-electron chi connectivity index (χ3n) is 0.287. The number of rotatable bonds is 2. The van der Waals surface area contributed by atoms with Gasteiger partial charge in [-0.1, -0.05) is 0 Å². The second kappa shape index (κ2) is 14.7. The van der Waals surface area contributed by atoms with Crippen LogP contribution in [-0.4, -0.2) is 52.7 Å². The molecule has 9 heteroatoms. The summed E-state index contributed by atoms with van der Waals surface area (Å²) in [4.78, 5) is 19.0. The molecule has 0 saturated carbocycles. The van der Waals surface area contributed by atoms with Gasteiger partial charge < -0.3 is 43.7 Å². The van der Waals surface area contributed by atoms with Crippen LogP contribution in [0, 0.1) is 0 Å². The Kier molecular flexibility index (Phi) is 39.1. The van der Waals surface area contributed by atoms with Gasteiger partial charge in [-0.3, -0.25) is 0 Å². The van der Waals surface area contributed by atoms with E-state index in [1.54, 1.807) is 0 Å². The van der Waals surface area contributed by atoms with Crippen molar-refractivity contribution in [1.82, 2.24) is 0 Å². The van der Waals surface area contributed by atoms with E-state index in [9.17, 15) is 14.4 Å². The predicted octanol–water partition coefficient (Wildman–Crippen LogP) is -7.90. The zero-order chi connectivity index (χ0) is 5.91. The molecular formula is C2H5Cl2Mg2O4P. The molecule has 0 aromatic heterocycles. The maximum atomic E-state index is 9.48. The molecule has 0 rings (SSSR count). The molecule has 0 aliphatic heterocycles. The van der Waals surface area contributed by atoms with Gasteiger partial charge in [-0.05, 0) is 6.92 Å². The number of halogens is 2. The van der Waals surface area contributed by atoms with Crippen molar-refractivity contribution in [2.75, 3.05) is 6.61 Å². The minimum Gasteiger partial charge on any atom is -1.00 e. The molecule has 0 aromatic rings. The molecule has 0 atom stereocenters. The SMILES string of the molecule is CCOP(=O)([O-])[O-].[Cl-].[Cl-].[Mg+2].[Mg+2]. The summed E-state index contributed by atoms with van der Waals surface area (Å²) in [5, 5.41) is 0. The van der Waals surface area contributed by atoms with Crippen LogP contribution in [-0.2, 0) is 9.09 Å². The van der Waals surface area contributed by atoms with E-state index < -0.39 is 7.82 Å². The van der Waals surface area contributed by atoms with Gasteiger partial charge in [0.25, 0.3) is 0 Å². The Morgan fingerprint density at radius 3 is 1.55 bits per heavy atom. The minimum atomic E-state index is -4.67. The van der Waals surface area contributed by atoms with Gasteiger partial charge in [-0.2, -0.15) is 0 Å². The number of phosphoric acid groups is 1. The monoisotopic (exact) mass is 242 g/mol. The van der Waals surface area contributed by atoms with Gasteiger partial charge in [0.05, 0.1) is 7.82 Å². The van der Waals surface area contributed by atoms with Crippen LogP contribution in [0.3, 0.4) is 0 Å². The Balaban J connectivity index is -0.0000000300. The van der Waals surface area contributed by atoms with E-state index >= 15 is 0 Å². The van der Waals surface area contributed by atoms with Crippen LogP contribution < -0.4 is 34.6 Å². The van der Waals surface area contributed by atoms with Crippen molar-refractivity contribution in [3.63, 3.8) is 0 Å². The summed E-state index contributed by atoms with van der Waals surface area (Å²) in [6.45, 7) is 1.35. The topological polar surface area (TPSA) is 72.4 Å². The second-order valence-electron chi connectivity index (χ2n) is 0.865. The zero-order valence-electron chi connectivity index (χ0n) is 5.96. The molecule has 0 aliphatic rings. The molecular weight excluding hydrogens is 239 g/mol. The van der Waals surface area contributed by atoms with Crippen molar-refractivity contribution >= 4 is 53.9 Å². The Bertz CT molecular complexity index is 98.1. The van der Waals surface area contributed by atoms with Gasteiger partial charge in [-0.15, -0.1) is 0 Å². The van der Waals surface area contributed by atoms with Gasteiger partial charge in [0, 0.05) is 6.61 Å². The van der Waals surface area contributed by atoms with Gasteiger partial charge in [0.15, 0.2) is 0 Å². The quantitative estimate of drug-likeness (QED) is 0.357. The first-order valence-electron chi connectivity index (χ1n) is 1.73. The zero-order valence-corrected chi connectivity index (χ0v) is 11.2. The normalized spacial score (nSPS) is 7.55. The standard InChI is InChI=1S/C2H7O4P.2ClH.2Mg/c1-2-6-7(3,4)5;;;;/h2H2,1H3,(H2,3,4,5);2*1H;;/q;;;2*+2/p-4. The van der Waals surface area contributed by atoms with Crippen molar-refractivity contribution in [3.05, 3.63) is 0 Å². The van der Waals surface area contributed by atoms with Crippen molar-refractivity contribution in [2.24, 2.45) is 0 Å². The Labute approximate surface area is 110 Å². The molecule has 0 radical (unpaired) electrons. The summed E-state index contributed by atoms with van der Waals surface area (Å²) in [5.74, 6) is 0. The molecule has 0 aliphatic carbocycles. The van der Waals surface area contributed by atoms with Gasteiger partial charge >= 0.3 is 46.1 Å². The van der Waals surface area contributed by atoms with E-state index in [1.165, 1.54) is 6.92 Å². The van der Waals surface area contributed by atoms with Crippen molar-refractivity contribution in [1.29, 1.82) is 0 Å². The Morgan fingerprint density at radius 2 is 1.55 bits per heavy atom. The smallest absolute Gasteiger partial charge is 1.00 e. The maximum Gasteiger partial charge on any atom is 2.00 e. The summed E-state index contributed by atoms with van der Waals surface area (Å²) in [5.41, 5.74) is 0. The third-order valence-corrected chi connectivity index (χ3v) is 0.862.